The zero-order valence-corrected chi connectivity index (χ0v) is 17.5. The fourth-order valence-corrected chi connectivity index (χ4v) is 5.25. The van der Waals surface area contributed by atoms with E-state index in [9.17, 15) is 13.2 Å². The van der Waals surface area contributed by atoms with E-state index in [1.807, 2.05) is 12.1 Å². The van der Waals surface area contributed by atoms with Gasteiger partial charge in [0.1, 0.15) is 10.7 Å². The van der Waals surface area contributed by atoms with E-state index in [2.05, 4.69) is 34.7 Å². The number of piperazine rings is 1. The predicted molar refractivity (Wildman–Crippen MR) is 111 cm³/mol. The third-order valence-electron chi connectivity index (χ3n) is 5.06. The average molecular weight is 419 g/mol. The summed E-state index contributed by atoms with van der Waals surface area (Å²) in [6, 6.07) is 10.3. The van der Waals surface area contributed by atoms with Gasteiger partial charge in [-0.1, -0.05) is 18.2 Å². The van der Waals surface area contributed by atoms with Crippen molar-refractivity contribution in [3.63, 3.8) is 0 Å². The van der Waals surface area contributed by atoms with Gasteiger partial charge in [0.2, 0.25) is 10.0 Å². The highest BCUT2D eigenvalue weighted by Gasteiger charge is 2.28. The summed E-state index contributed by atoms with van der Waals surface area (Å²) in [5, 5.41) is 3.76. The Hall–Kier alpha value is -2.23. The van der Waals surface area contributed by atoms with Crippen LogP contribution in [0.1, 0.15) is 17.4 Å². The minimum absolute atomic E-state index is 0.144. The lowest BCUT2D eigenvalue weighted by Gasteiger charge is -2.32. The lowest BCUT2D eigenvalue weighted by atomic mass is 10.2. The van der Waals surface area contributed by atoms with Crippen LogP contribution in [0.15, 0.2) is 35.7 Å². The minimum atomic E-state index is -3.21. The number of thiazole rings is 1. The summed E-state index contributed by atoms with van der Waals surface area (Å²) in [5.41, 5.74) is 2.58. The molecule has 0 unspecified atom stereocenters. The third-order valence-corrected chi connectivity index (χ3v) is 7.23. The zero-order chi connectivity index (χ0) is 19.9. The highest BCUT2D eigenvalue weighted by atomic mass is 32.2. The molecule has 3 heterocycles. The normalized spacial score (nSPS) is 16.0. The number of benzene rings is 1. The summed E-state index contributed by atoms with van der Waals surface area (Å²) in [6.45, 7) is 4.33. The van der Waals surface area contributed by atoms with Gasteiger partial charge in [-0.2, -0.15) is 4.31 Å². The summed E-state index contributed by atoms with van der Waals surface area (Å²) in [6.07, 6.45) is 1.20. The van der Waals surface area contributed by atoms with Gasteiger partial charge < -0.3 is 9.47 Å². The average Bonchev–Trinajstić information content (AvgIpc) is 3.31. The van der Waals surface area contributed by atoms with Crippen LogP contribution < -0.4 is 0 Å². The maximum Gasteiger partial charge on any atom is 0.273 e. The third kappa shape index (κ3) is 3.45. The molecule has 4 rings (SSSR count). The van der Waals surface area contributed by atoms with Crippen LogP contribution in [0, 0.1) is 0 Å². The molecule has 2 aromatic heterocycles. The van der Waals surface area contributed by atoms with Gasteiger partial charge in [-0.15, -0.1) is 11.3 Å². The topological polar surface area (TPSA) is 75.5 Å². The van der Waals surface area contributed by atoms with Crippen LogP contribution in [0.5, 0.6) is 0 Å². The van der Waals surface area contributed by atoms with Gasteiger partial charge in [-0.05, 0) is 19.1 Å². The number of sulfonamides is 1. The first-order valence-corrected chi connectivity index (χ1v) is 11.9. The van der Waals surface area contributed by atoms with Gasteiger partial charge in [0.05, 0.1) is 11.9 Å². The molecule has 1 fully saturated rings. The number of aromatic nitrogens is 2. The summed E-state index contributed by atoms with van der Waals surface area (Å²) in [7, 11) is -3.21. The number of aryl methyl sites for hydroxylation is 1. The largest absolute Gasteiger partial charge is 0.339 e. The minimum Gasteiger partial charge on any atom is -0.339 e. The maximum absolute atomic E-state index is 12.8. The number of carbonyl (C=O) groups is 1. The van der Waals surface area contributed by atoms with Crippen LogP contribution in [0.2, 0.25) is 0 Å². The van der Waals surface area contributed by atoms with Crippen LogP contribution >= 0.6 is 11.3 Å². The summed E-state index contributed by atoms with van der Waals surface area (Å²) < 4.78 is 26.9. The monoisotopic (exact) mass is 418 g/mol. The summed E-state index contributed by atoms with van der Waals surface area (Å²) in [5.74, 6) is -0.144. The van der Waals surface area contributed by atoms with Crippen LogP contribution in [0.4, 0.5) is 0 Å². The summed E-state index contributed by atoms with van der Waals surface area (Å²) in [4.78, 5) is 19.1. The Morgan fingerprint density at radius 1 is 1.18 bits per heavy atom. The van der Waals surface area contributed by atoms with Crippen molar-refractivity contribution in [2.45, 2.75) is 13.5 Å². The smallest absolute Gasteiger partial charge is 0.273 e. The van der Waals surface area contributed by atoms with Crippen molar-refractivity contribution >= 4 is 38.2 Å². The van der Waals surface area contributed by atoms with E-state index in [1.165, 1.54) is 21.9 Å². The molecule has 0 radical (unpaired) electrons. The number of amides is 1. The first-order valence-electron chi connectivity index (χ1n) is 9.17. The highest BCUT2D eigenvalue weighted by molar-refractivity contribution is 7.88. The van der Waals surface area contributed by atoms with E-state index in [4.69, 9.17) is 0 Å². The van der Waals surface area contributed by atoms with Crippen molar-refractivity contribution in [2.75, 3.05) is 32.4 Å². The lowest BCUT2D eigenvalue weighted by Crippen LogP contribution is -2.50. The second kappa shape index (κ2) is 7.31. The predicted octanol–water partition coefficient (Wildman–Crippen LogP) is 2.50. The van der Waals surface area contributed by atoms with Crippen molar-refractivity contribution in [3.8, 4) is 10.7 Å². The van der Waals surface area contributed by atoms with Crippen molar-refractivity contribution in [2.24, 2.45) is 0 Å². The molecule has 1 aromatic carbocycles. The molecule has 1 amide bonds. The Balaban J connectivity index is 1.56. The number of rotatable bonds is 4. The number of fused-ring (bicyclic) bond motifs is 1. The molecule has 0 spiro atoms. The van der Waals surface area contributed by atoms with E-state index in [0.29, 0.717) is 31.9 Å². The van der Waals surface area contributed by atoms with E-state index >= 15 is 0 Å². The molecule has 7 nitrogen and oxygen atoms in total. The second-order valence-electron chi connectivity index (χ2n) is 6.82. The van der Waals surface area contributed by atoms with Crippen LogP contribution in [-0.4, -0.2) is 65.5 Å². The first kappa shape index (κ1) is 19.1. The van der Waals surface area contributed by atoms with Crippen LogP contribution in [0.3, 0.4) is 0 Å². The van der Waals surface area contributed by atoms with Crippen LogP contribution in [0.25, 0.3) is 21.6 Å². The Morgan fingerprint density at radius 2 is 1.89 bits per heavy atom. The molecule has 0 N–H and O–H groups in total. The lowest BCUT2D eigenvalue weighted by molar-refractivity contribution is 0.0693. The number of para-hydroxylation sites is 1. The van der Waals surface area contributed by atoms with Crippen LogP contribution in [-0.2, 0) is 16.6 Å². The highest BCUT2D eigenvalue weighted by Crippen LogP contribution is 2.30. The molecule has 0 aliphatic carbocycles. The molecular formula is C19H22N4O3S2. The first-order chi connectivity index (χ1) is 13.4. The quantitative estimate of drug-likeness (QED) is 0.652. The van der Waals surface area contributed by atoms with Crippen molar-refractivity contribution < 1.29 is 13.2 Å². The fraction of sp³-hybridized carbons (Fsp3) is 0.368. The van der Waals surface area contributed by atoms with Gasteiger partial charge in [0, 0.05) is 49.0 Å². The zero-order valence-electron chi connectivity index (χ0n) is 15.8. The molecule has 0 saturated carbocycles. The Labute approximate surface area is 168 Å². The van der Waals surface area contributed by atoms with Crippen molar-refractivity contribution in [3.05, 3.63) is 41.4 Å². The number of carbonyl (C=O) groups excluding carboxylic acids is 1. The van der Waals surface area contributed by atoms with E-state index in [0.717, 1.165) is 28.1 Å². The van der Waals surface area contributed by atoms with Gasteiger partial charge >= 0.3 is 0 Å². The molecule has 0 atom stereocenters. The van der Waals surface area contributed by atoms with Gasteiger partial charge in [-0.3, -0.25) is 4.79 Å². The molecule has 28 heavy (non-hydrogen) atoms. The molecule has 1 aliphatic heterocycles. The van der Waals surface area contributed by atoms with E-state index in [1.54, 1.807) is 10.3 Å². The number of nitrogens with zero attached hydrogens (tertiary/aromatic N) is 4. The number of hydrogen-bond acceptors (Lipinski definition) is 5. The standard InChI is InChI=1S/C19H22N4O3S2/c1-3-23-16-7-5-4-6-14(16)12-17(23)18-20-15(13-27-18)19(24)21-8-10-22(11-9-21)28(2,25)26/h4-7,12-13H,3,8-11H2,1-2H3. The molecular weight excluding hydrogens is 396 g/mol. The SMILES string of the molecule is CCn1c(-c2nc(C(=O)N3CCN(S(C)(=O)=O)CC3)cs2)cc2ccccc21. The molecule has 9 heteroatoms. The molecule has 148 valence electrons. The Kier molecular flexibility index (Phi) is 4.98. The molecule has 3 aromatic rings. The molecule has 1 saturated heterocycles. The maximum atomic E-state index is 12.8. The molecule has 0 bridgehead atoms. The summed E-state index contributed by atoms with van der Waals surface area (Å²) >= 11 is 1.46. The Morgan fingerprint density at radius 3 is 2.57 bits per heavy atom. The Bertz CT molecular complexity index is 1130. The van der Waals surface area contributed by atoms with E-state index < -0.39 is 10.0 Å². The number of hydrogen-bond donors (Lipinski definition) is 0. The van der Waals surface area contributed by atoms with Gasteiger partial charge in [0.25, 0.3) is 5.91 Å². The van der Waals surface area contributed by atoms with Crippen molar-refractivity contribution in [1.29, 1.82) is 0 Å². The second-order valence-corrected chi connectivity index (χ2v) is 9.67. The van der Waals surface area contributed by atoms with E-state index in [-0.39, 0.29) is 5.91 Å². The fourth-order valence-electron chi connectivity index (χ4n) is 3.60. The van der Waals surface area contributed by atoms with Crippen molar-refractivity contribution in [1.82, 2.24) is 18.8 Å². The molecule has 1 aliphatic rings. The van der Waals surface area contributed by atoms with Gasteiger partial charge in [-0.25, -0.2) is 13.4 Å². The van der Waals surface area contributed by atoms with Gasteiger partial charge in [0.15, 0.2) is 0 Å².